The Labute approximate surface area is 198 Å². The van der Waals surface area contributed by atoms with Crippen molar-refractivity contribution in [3.8, 4) is 28.2 Å². The van der Waals surface area contributed by atoms with Gasteiger partial charge in [0.15, 0.2) is 24.8 Å². The molecule has 5 rings (SSSR count). The van der Waals surface area contributed by atoms with E-state index in [9.17, 15) is 20.2 Å². The molecule has 0 fully saturated rings. The third kappa shape index (κ3) is 4.35. The first-order valence-corrected chi connectivity index (χ1v) is 10.5. The van der Waals surface area contributed by atoms with Gasteiger partial charge in [-0.1, -0.05) is 0 Å². The Morgan fingerprint density at radius 1 is 0.743 bits per heavy atom. The molecule has 10 nitrogen and oxygen atoms in total. The zero-order chi connectivity index (χ0) is 24.4. The maximum Gasteiger partial charge on any atom is 0.347 e. The van der Waals surface area contributed by atoms with Gasteiger partial charge in [-0.05, 0) is 23.3 Å². The summed E-state index contributed by atoms with van der Waals surface area (Å²) in [5.74, 6) is 0. The molecule has 0 amide bonds. The molecule has 2 aromatic carbocycles. The quantitative estimate of drug-likeness (QED) is 0.214. The average Bonchev–Trinajstić information content (AvgIpc) is 3.44. The summed E-state index contributed by atoms with van der Waals surface area (Å²) in [6.45, 7) is 0. The van der Waals surface area contributed by atoms with Crippen molar-refractivity contribution in [1.29, 1.82) is 0 Å². The summed E-state index contributed by atoms with van der Waals surface area (Å²) in [4.78, 5) is 25.2. The number of nitro benzene ring substituents is 2. The van der Waals surface area contributed by atoms with Crippen LogP contribution in [-0.2, 0) is 0 Å². The summed E-state index contributed by atoms with van der Waals surface area (Å²) >= 11 is 0. The molecule has 0 atom stereocenters. The molecule has 5 aromatic rings. The first kappa shape index (κ1) is 21.6. The van der Waals surface area contributed by atoms with E-state index >= 15 is 0 Å². The van der Waals surface area contributed by atoms with Crippen LogP contribution >= 0.6 is 0 Å². The third-order valence-corrected chi connectivity index (χ3v) is 5.59. The van der Waals surface area contributed by atoms with Crippen LogP contribution < -0.4 is 9.13 Å². The van der Waals surface area contributed by atoms with Crippen LogP contribution in [0.25, 0.3) is 28.2 Å². The predicted octanol–water partition coefficient (Wildman–Crippen LogP) is 3.91. The number of benzene rings is 2. The summed E-state index contributed by atoms with van der Waals surface area (Å²) < 4.78 is 5.51. The maximum absolute atomic E-state index is 11.4. The van der Waals surface area contributed by atoms with Gasteiger partial charge in [0.1, 0.15) is 6.07 Å². The normalized spacial score (nSPS) is 10.7. The standard InChI is InChI=1S/C25H18N6O4/c32-30(33)23-5-6-24(25(17-23)31(34)35)28-14-9-20(10-15-28)19-7-12-27(13-8-19)21-1-3-22(4-2-21)29-16-11-26-18-29/h1-18H/q+2. The number of non-ortho nitro benzene ring substituents is 1. The summed E-state index contributed by atoms with van der Waals surface area (Å²) in [5.41, 5.74) is 3.52. The van der Waals surface area contributed by atoms with Crippen molar-refractivity contribution in [1.82, 2.24) is 9.55 Å². The monoisotopic (exact) mass is 466 g/mol. The van der Waals surface area contributed by atoms with E-state index < -0.39 is 9.85 Å². The predicted molar refractivity (Wildman–Crippen MR) is 125 cm³/mol. The van der Waals surface area contributed by atoms with Gasteiger partial charge in [0.05, 0.1) is 16.2 Å². The second-order valence-electron chi connectivity index (χ2n) is 7.66. The summed E-state index contributed by atoms with van der Waals surface area (Å²) in [6.07, 6.45) is 12.7. The van der Waals surface area contributed by atoms with Crippen LogP contribution in [0.1, 0.15) is 0 Å². The molecule has 0 aliphatic heterocycles. The smallest absolute Gasteiger partial charge is 0.306 e. The Morgan fingerprint density at radius 2 is 1.37 bits per heavy atom. The molecule has 0 radical (unpaired) electrons. The highest BCUT2D eigenvalue weighted by atomic mass is 16.6. The number of hydrogen-bond donors (Lipinski definition) is 0. The molecular formula is C25H18N6O4+2. The van der Waals surface area contributed by atoms with Crippen LogP contribution in [0, 0.1) is 20.2 Å². The fraction of sp³-hybridized carbons (Fsp3) is 0. The molecule has 0 unspecified atom stereocenters. The lowest BCUT2D eigenvalue weighted by Crippen LogP contribution is -2.30. The molecule has 35 heavy (non-hydrogen) atoms. The van der Waals surface area contributed by atoms with E-state index in [4.69, 9.17) is 0 Å². The minimum absolute atomic E-state index is 0.247. The topological polar surface area (TPSA) is 112 Å². The molecule has 3 heterocycles. The Kier molecular flexibility index (Phi) is 5.52. The molecule has 3 aromatic heterocycles. The molecule has 10 heteroatoms. The second-order valence-corrected chi connectivity index (χ2v) is 7.66. The van der Waals surface area contributed by atoms with E-state index in [1.807, 2.05) is 76.3 Å². The molecule has 0 aliphatic carbocycles. The van der Waals surface area contributed by atoms with Gasteiger partial charge >= 0.3 is 5.69 Å². The van der Waals surface area contributed by atoms with E-state index in [-0.39, 0.29) is 17.1 Å². The minimum Gasteiger partial charge on any atom is -0.306 e. The molecule has 0 N–H and O–H groups in total. The van der Waals surface area contributed by atoms with Crippen molar-refractivity contribution in [3.05, 3.63) is 130 Å². The summed E-state index contributed by atoms with van der Waals surface area (Å²) in [6, 6.07) is 19.3. The van der Waals surface area contributed by atoms with Crippen LogP contribution in [0.2, 0.25) is 0 Å². The minimum atomic E-state index is -0.652. The van der Waals surface area contributed by atoms with E-state index in [0.717, 1.165) is 28.6 Å². The fourth-order valence-corrected chi connectivity index (χ4v) is 3.77. The second kappa shape index (κ2) is 8.94. The van der Waals surface area contributed by atoms with E-state index in [1.54, 1.807) is 29.5 Å². The lowest BCUT2D eigenvalue weighted by Gasteiger charge is -2.03. The van der Waals surface area contributed by atoms with Gasteiger partial charge in [-0.15, -0.1) is 0 Å². The first-order valence-electron chi connectivity index (χ1n) is 10.5. The van der Waals surface area contributed by atoms with E-state index in [0.29, 0.717) is 0 Å². The number of nitro groups is 2. The Hall–Kier alpha value is -5.25. The molecule has 0 saturated heterocycles. The van der Waals surface area contributed by atoms with E-state index in [1.165, 1.54) is 12.1 Å². The number of imidazole rings is 1. The SMILES string of the molecule is O=[N+]([O-])c1ccc(-[n+]2ccc(-c3cc[n+](-c4ccc(-n5ccnc5)cc4)cc3)cc2)c([N+](=O)[O-])c1. The van der Waals surface area contributed by atoms with Crippen molar-refractivity contribution in [3.63, 3.8) is 0 Å². The van der Waals surface area contributed by atoms with Crippen molar-refractivity contribution in [2.45, 2.75) is 0 Å². The van der Waals surface area contributed by atoms with Crippen molar-refractivity contribution in [2.75, 3.05) is 0 Å². The Balaban J connectivity index is 1.37. The number of rotatable bonds is 6. The van der Waals surface area contributed by atoms with Gasteiger partial charge in [0, 0.05) is 66.6 Å². The number of aromatic nitrogens is 4. The number of pyridine rings is 2. The van der Waals surface area contributed by atoms with Crippen LogP contribution in [0.4, 0.5) is 11.4 Å². The van der Waals surface area contributed by atoms with Gasteiger partial charge in [-0.25, -0.2) is 4.98 Å². The summed E-state index contributed by atoms with van der Waals surface area (Å²) in [7, 11) is 0. The van der Waals surface area contributed by atoms with Crippen LogP contribution in [0.15, 0.2) is 110 Å². The van der Waals surface area contributed by atoms with E-state index in [2.05, 4.69) is 4.98 Å². The van der Waals surface area contributed by atoms with Crippen LogP contribution in [-0.4, -0.2) is 19.4 Å². The fourth-order valence-electron chi connectivity index (χ4n) is 3.77. The maximum atomic E-state index is 11.4. The average molecular weight is 466 g/mol. The van der Waals surface area contributed by atoms with Crippen LogP contribution in [0.3, 0.4) is 0 Å². The zero-order valence-corrected chi connectivity index (χ0v) is 18.2. The number of nitrogens with zero attached hydrogens (tertiary/aromatic N) is 6. The van der Waals surface area contributed by atoms with Crippen molar-refractivity contribution in [2.24, 2.45) is 0 Å². The van der Waals surface area contributed by atoms with Crippen LogP contribution in [0.5, 0.6) is 0 Å². The largest absolute Gasteiger partial charge is 0.347 e. The van der Waals surface area contributed by atoms with Gasteiger partial charge in [0.25, 0.3) is 11.4 Å². The highest BCUT2D eigenvalue weighted by Gasteiger charge is 2.26. The summed E-state index contributed by atoms with van der Waals surface area (Å²) in [5, 5.41) is 22.4. The molecule has 0 bridgehead atoms. The molecule has 0 aliphatic rings. The lowest BCUT2D eigenvalue weighted by atomic mass is 10.1. The molecular weight excluding hydrogens is 448 g/mol. The van der Waals surface area contributed by atoms with Gasteiger partial charge in [-0.3, -0.25) is 20.2 Å². The van der Waals surface area contributed by atoms with Crippen molar-refractivity contribution >= 4 is 11.4 Å². The molecule has 0 saturated carbocycles. The van der Waals surface area contributed by atoms with Crippen molar-refractivity contribution < 1.29 is 19.0 Å². The van der Waals surface area contributed by atoms with Gasteiger partial charge in [0.2, 0.25) is 5.69 Å². The van der Waals surface area contributed by atoms with Gasteiger partial charge < -0.3 is 4.57 Å². The van der Waals surface area contributed by atoms with Gasteiger partial charge in [-0.2, -0.15) is 9.13 Å². The molecule has 0 spiro atoms. The molecule has 170 valence electrons. The Morgan fingerprint density at radius 3 is 1.91 bits per heavy atom. The third-order valence-electron chi connectivity index (χ3n) is 5.59. The Bertz CT molecular complexity index is 1510. The highest BCUT2D eigenvalue weighted by molar-refractivity contribution is 5.61. The zero-order valence-electron chi connectivity index (χ0n) is 18.2. The first-order chi connectivity index (χ1) is 17.0. The lowest BCUT2D eigenvalue weighted by molar-refractivity contribution is -0.600. The number of hydrogen-bond acceptors (Lipinski definition) is 5. The highest BCUT2D eigenvalue weighted by Crippen LogP contribution is 2.25.